The summed E-state index contributed by atoms with van der Waals surface area (Å²) in [6.07, 6.45) is 0. The first-order valence-electron chi connectivity index (χ1n) is 8.91. The highest BCUT2D eigenvalue weighted by molar-refractivity contribution is 7.92. The number of sulfonamides is 1. The predicted molar refractivity (Wildman–Crippen MR) is 121 cm³/mol. The minimum atomic E-state index is -4.02. The van der Waals surface area contributed by atoms with Crippen molar-refractivity contribution in [2.75, 3.05) is 30.9 Å². The molecule has 1 amide bonds. The number of methoxy groups -OCH3 is 2. The van der Waals surface area contributed by atoms with Crippen LogP contribution < -0.4 is 19.1 Å². The number of amides is 1. The second-order valence-corrected chi connectivity index (χ2v) is 9.64. The molecular formula is C20H20ClN3O5S2. The second kappa shape index (κ2) is 9.13. The van der Waals surface area contributed by atoms with E-state index in [2.05, 4.69) is 10.3 Å². The van der Waals surface area contributed by atoms with Crippen molar-refractivity contribution in [2.45, 2.75) is 11.8 Å². The van der Waals surface area contributed by atoms with Crippen molar-refractivity contribution in [2.24, 2.45) is 0 Å². The SMILES string of the molecule is COc1cc(OC)c(N(C)S(=O)(=O)c2cccc(C(=O)Nc3nc(C)cs3)c2)cc1Cl. The molecule has 1 aromatic heterocycles. The zero-order valence-electron chi connectivity index (χ0n) is 17.2. The molecular weight excluding hydrogens is 462 g/mol. The number of nitrogens with one attached hydrogen (secondary N) is 1. The third kappa shape index (κ3) is 4.76. The van der Waals surface area contributed by atoms with Gasteiger partial charge in [-0.25, -0.2) is 13.4 Å². The molecule has 0 saturated heterocycles. The molecule has 164 valence electrons. The van der Waals surface area contributed by atoms with Crippen LogP contribution in [-0.4, -0.2) is 40.6 Å². The number of aryl methyl sites for hydroxylation is 1. The van der Waals surface area contributed by atoms with Crippen molar-refractivity contribution in [1.29, 1.82) is 0 Å². The first-order chi connectivity index (χ1) is 14.7. The van der Waals surface area contributed by atoms with Crippen LogP contribution in [-0.2, 0) is 10.0 Å². The van der Waals surface area contributed by atoms with Gasteiger partial charge in [-0.1, -0.05) is 17.7 Å². The van der Waals surface area contributed by atoms with Crippen molar-refractivity contribution in [3.63, 3.8) is 0 Å². The third-order valence-corrected chi connectivity index (χ3v) is 7.33. The maximum atomic E-state index is 13.3. The third-order valence-electron chi connectivity index (χ3n) is 4.39. The summed E-state index contributed by atoms with van der Waals surface area (Å²) in [6, 6.07) is 8.69. The van der Waals surface area contributed by atoms with Crippen LogP contribution in [0.25, 0.3) is 0 Å². The largest absolute Gasteiger partial charge is 0.495 e. The standard InChI is InChI=1S/C20H20ClN3O5S2/c1-12-11-30-20(22-12)23-19(25)13-6-5-7-14(8-13)31(26,27)24(2)16-9-15(21)17(28-3)10-18(16)29-4/h5-11H,1-4H3,(H,22,23,25). The number of thiazole rings is 1. The Morgan fingerprint density at radius 1 is 1.16 bits per heavy atom. The van der Waals surface area contributed by atoms with Gasteiger partial charge in [0.25, 0.3) is 15.9 Å². The van der Waals surface area contributed by atoms with Crippen LogP contribution in [0.5, 0.6) is 11.5 Å². The summed E-state index contributed by atoms with van der Waals surface area (Å²) in [7, 11) is 0.215. The highest BCUT2D eigenvalue weighted by Gasteiger charge is 2.26. The van der Waals surface area contributed by atoms with E-state index in [0.29, 0.717) is 10.9 Å². The second-order valence-electron chi connectivity index (χ2n) is 6.41. The summed E-state index contributed by atoms with van der Waals surface area (Å²) in [6.45, 7) is 1.81. The molecule has 31 heavy (non-hydrogen) atoms. The van der Waals surface area contributed by atoms with Crippen molar-refractivity contribution in [3.05, 3.63) is 58.1 Å². The molecule has 11 heteroatoms. The van der Waals surface area contributed by atoms with Crippen LogP contribution in [0.4, 0.5) is 10.8 Å². The Balaban J connectivity index is 1.94. The summed E-state index contributed by atoms with van der Waals surface area (Å²) >= 11 is 7.47. The van der Waals surface area contributed by atoms with Crippen LogP contribution >= 0.6 is 22.9 Å². The predicted octanol–water partition coefficient (Wildman–Crippen LogP) is 4.20. The van der Waals surface area contributed by atoms with E-state index >= 15 is 0 Å². The monoisotopic (exact) mass is 481 g/mol. The highest BCUT2D eigenvalue weighted by atomic mass is 35.5. The number of benzene rings is 2. The fraction of sp³-hybridized carbons (Fsp3) is 0.200. The number of ether oxygens (including phenoxy) is 2. The lowest BCUT2D eigenvalue weighted by Crippen LogP contribution is -2.27. The van der Waals surface area contributed by atoms with Gasteiger partial charge in [-0.3, -0.25) is 14.4 Å². The Labute approximate surface area is 189 Å². The molecule has 8 nitrogen and oxygen atoms in total. The lowest BCUT2D eigenvalue weighted by Gasteiger charge is -2.23. The molecule has 0 saturated carbocycles. The number of carbonyl (C=O) groups is 1. The Morgan fingerprint density at radius 2 is 1.87 bits per heavy atom. The summed E-state index contributed by atoms with van der Waals surface area (Å²) in [4.78, 5) is 16.7. The number of nitrogens with zero attached hydrogens (tertiary/aromatic N) is 2. The van der Waals surface area contributed by atoms with Gasteiger partial charge in [0, 0.05) is 24.1 Å². The first-order valence-corrected chi connectivity index (χ1v) is 11.6. The van der Waals surface area contributed by atoms with Crippen molar-refractivity contribution >= 4 is 49.7 Å². The lowest BCUT2D eigenvalue weighted by atomic mass is 10.2. The zero-order chi connectivity index (χ0) is 22.8. The van der Waals surface area contributed by atoms with Gasteiger partial charge in [-0.05, 0) is 31.2 Å². The highest BCUT2D eigenvalue weighted by Crippen LogP contribution is 2.39. The zero-order valence-corrected chi connectivity index (χ0v) is 19.6. The van der Waals surface area contributed by atoms with Gasteiger partial charge >= 0.3 is 0 Å². The normalized spacial score (nSPS) is 11.1. The summed E-state index contributed by atoms with van der Waals surface area (Å²) in [5.41, 5.74) is 1.19. The van der Waals surface area contributed by atoms with E-state index < -0.39 is 15.9 Å². The number of anilines is 2. The Bertz CT molecular complexity index is 1230. The Hall–Kier alpha value is -2.82. The van der Waals surface area contributed by atoms with Crippen LogP contribution in [0.3, 0.4) is 0 Å². The van der Waals surface area contributed by atoms with Crippen molar-refractivity contribution < 1.29 is 22.7 Å². The molecule has 0 spiro atoms. The van der Waals surface area contributed by atoms with E-state index in [4.69, 9.17) is 21.1 Å². The quantitative estimate of drug-likeness (QED) is 0.543. The van der Waals surface area contributed by atoms with Gasteiger partial charge in [0.05, 0.1) is 35.5 Å². The molecule has 0 aliphatic heterocycles. The van der Waals surface area contributed by atoms with Crippen LogP contribution in [0, 0.1) is 6.92 Å². The van der Waals surface area contributed by atoms with Crippen LogP contribution in [0.1, 0.15) is 16.1 Å². The average molecular weight is 482 g/mol. The maximum Gasteiger partial charge on any atom is 0.264 e. The fourth-order valence-electron chi connectivity index (χ4n) is 2.76. The molecule has 0 fully saturated rings. The van der Waals surface area contributed by atoms with E-state index in [-0.39, 0.29) is 26.9 Å². The van der Waals surface area contributed by atoms with E-state index in [1.807, 2.05) is 6.92 Å². The minimum Gasteiger partial charge on any atom is -0.495 e. The molecule has 1 heterocycles. The Morgan fingerprint density at radius 3 is 2.48 bits per heavy atom. The lowest BCUT2D eigenvalue weighted by molar-refractivity contribution is 0.102. The molecule has 1 N–H and O–H groups in total. The average Bonchev–Trinajstić information content (AvgIpc) is 3.17. The van der Waals surface area contributed by atoms with Gasteiger partial charge in [0.15, 0.2) is 5.13 Å². The molecule has 0 atom stereocenters. The van der Waals surface area contributed by atoms with E-state index in [9.17, 15) is 13.2 Å². The van der Waals surface area contributed by atoms with Crippen molar-refractivity contribution in [1.82, 2.24) is 4.98 Å². The van der Waals surface area contributed by atoms with Crippen LogP contribution in [0.15, 0.2) is 46.7 Å². The topological polar surface area (TPSA) is 97.8 Å². The smallest absolute Gasteiger partial charge is 0.264 e. The minimum absolute atomic E-state index is 0.0630. The fourth-order valence-corrected chi connectivity index (χ4v) is 4.92. The molecule has 2 aromatic carbocycles. The Kier molecular flexibility index (Phi) is 6.73. The van der Waals surface area contributed by atoms with E-state index in [1.165, 1.54) is 69.0 Å². The van der Waals surface area contributed by atoms with E-state index in [0.717, 1.165) is 10.00 Å². The molecule has 3 aromatic rings. The van der Waals surface area contributed by atoms with Crippen LogP contribution in [0.2, 0.25) is 5.02 Å². The number of halogens is 1. The van der Waals surface area contributed by atoms with E-state index in [1.54, 1.807) is 5.38 Å². The number of carbonyl (C=O) groups excluding carboxylic acids is 1. The van der Waals surface area contributed by atoms with Gasteiger partial charge < -0.3 is 9.47 Å². The molecule has 0 radical (unpaired) electrons. The summed E-state index contributed by atoms with van der Waals surface area (Å²) in [5, 5.41) is 5.13. The molecule has 0 bridgehead atoms. The van der Waals surface area contributed by atoms with Gasteiger partial charge in [-0.15, -0.1) is 11.3 Å². The first kappa shape index (κ1) is 22.9. The summed E-state index contributed by atoms with van der Waals surface area (Å²) < 4.78 is 38.0. The maximum absolute atomic E-state index is 13.3. The molecule has 0 unspecified atom stereocenters. The molecule has 3 rings (SSSR count). The van der Waals surface area contributed by atoms with Gasteiger partial charge in [-0.2, -0.15) is 0 Å². The number of hydrogen-bond donors (Lipinski definition) is 1. The number of hydrogen-bond acceptors (Lipinski definition) is 7. The molecule has 0 aliphatic carbocycles. The molecule has 0 aliphatic rings. The summed E-state index contributed by atoms with van der Waals surface area (Å²) in [5.74, 6) is 0.156. The van der Waals surface area contributed by atoms with Gasteiger partial charge in [0.2, 0.25) is 0 Å². The van der Waals surface area contributed by atoms with Crippen molar-refractivity contribution in [3.8, 4) is 11.5 Å². The van der Waals surface area contributed by atoms with Gasteiger partial charge in [0.1, 0.15) is 11.5 Å². The number of rotatable bonds is 7. The number of aromatic nitrogens is 1.